The predicted octanol–water partition coefficient (Wildman–Crippen LogP) is 3.12. The molecule has 2 aromatic heterocycles. The van der Waals surface area contributed by atoms with E-state index in [1.165, 1.54) is 0 Å². The number of alkyl halides is 3. The molecule has 6 nitrogen and oxygen atoms in total. The lowest BCUT2D eigenvalue weighted by atomic mass is 10.00. The van der Waals surface area contributed by atoms with Crippen LogP contribution in [0.5, 0.6) is 0 Å². The summed E-state index contributed by atoms with van der Waals surface area (Å²) in [6, 6.07) is 6.32. The molecule has 1 aliphatic rings. The highest BCUT2D eigenvalue weighted by atomic mass is 19.4. The molecule has 9 heteroatoms. The first kappa shape index (κ1) is 15.3. The highest BCUT2D eigenvalue weighted by Gasteiger charge is 2.33. The molecule has 2 heterocycles. The summed E-state index contributed by atoms with van der Waals surface area (Å²) in [6.45, 7) is 0. The third kappa shape index (κ3) is 2.73. The molecule has 0 spiro atoms. The molecule has 2 N–H and O–H groups in total. The van der Waals surface area contributed by atoms with E-state index in [1.54, 1.807) is 12.1 Å². The Labute approximate surface area is 139 Å². The monoisotopic (exact) mass is 345 g/mol. The average Bonchev–Trinajstić information content (AvgIpc) is 3.19. The molecule has 0 amide bonds. The van der Waals surface area contributed by atoms with E-state index in [-0.39, 0.29) is 17.6 Å². The smallest absolute Gasteiger partial charge is 0.404 e. The SMILES string of the molecule is Nc1nnc(-c2ccc3c(c2)C(c2cc(C(F)(F)F)ncn2)=CC3)o1. The number of hydrogen-bond donors (Lipinski definition) is 1. The highest BCUT2D eigenvalue weighted by Crippen LogP contribution is 2.36. The third-order valence-corrected chi connectivity index (χ3v) is 3.85. The number of benzene rings is 1. The van der Waals surface area contributed by atoms with Gasteiger partial charge in [0.25, 0.3) is 0 Å². The van der Waals surface area contributed by atoms with Crippen molar-refractivity contribution in [2.24, 2.45) is 0 Å². The fourth-order valence-electron chi connectivity index (χ4n) is 2.71. The molecule has 1 aliphatic carbocycles. The number of fused-ring (bicyclic) bond motifs is 1. The van der Waals surface area contributed by atoms with Crippen molar-refractivity contribution in [3.63, 3.8) is 0 Å². The van der Waals surface area contributed by atoms with Gasteiger partial charge in [0, 0.05) is 11.1 Å². The van der Waals surface area contributed by atoms with Crippen LogP contribution in [0.4, 0.5) is 19.2 Å². The molecule has 3 aromatic rings. The van der Waals surface area contributed by atoms with Crippen LogP contribution in [0.15, 0.2) is 41.1 Å². The maximum atomic E-state index is 12.9. The number of rotatable bonds is 2. The normalized spacial score (nSPS) is 13.6. The Morgan fingerprint density at radius 3 is 2.64 bits per heavy atom. The molecular weight excluding hydrogens is 335 g/mol. The van der Waals surface area contributed by atoms with Gasteiger partial charge < -0.3 is 10.2 Å². The first-order chi connectivity index (χ1) is 11.9. The fraction of sp³-hybridized carbons (Fsp3) is 0.125. The van der Waals surface area contributed by atoms with Crippen LogP contribution in [0.3, 0.4) is 0 Å². The maximum absolute atomic E-state index is 12.9. The van der Waals surface area contributed by atoms with E-state index in [2.05, 4.69) is 20.2 Å². The van der Waals surface area contributed by atoms with Crippen LogP contribution in [-0.2, 0) is 12.6 Å². The number of nitrogens with two attached hydrogens (primary N) is 1. The molecule has 0 bridgehead atoms. The zero-order chi connectivity index (χ0) is 17.6. The van der Waals surface area contributed by atoms with Crippen LogP contribution < -0.4 is 5.73 Å². The summed E-state index contributed by atoms with van der Waals surface area (Å²) in [4.78, 5) is 7.28. The Kier molecular flexibility index (Phi) is 3.31. The van der Waals surface area contributed by atoms with Gasteiger partial charge in [-0.1, -0.05) is 17.2 Å². The Bertz CT molecular complexity index is 993. The number of allylic oxidation sites excluding steroid dienone is 1. The van der Waals surface area contributed by atoms with Crippen LogP contribution in [0.1, 0.15) is 22.5 Å². The quantitative estimate of drug-likeness (QED) is 0.767. The molecule has 4 rings (SSSR count). The van der Waals surface area contributed by atoms with E-state index in [9.17, 15) is 13.2 Å². The van der Waals surface area contributed by atoms with Gasteiger partial charge in [0.1, 0.15) is 12.0 Å². The minimum Gasteiger partial charge on any atom is -0.404 e. The largest absolute Gasteiger partial charge is 0.433 e. The van der Waals surface area contributed by atoms with Crippen molar-refractivity contribution in [2.45, 2.75) is 12.6 Å². The lowest BCUT2D eigenvalue weighted by molar-refractivity contribution is -0.141. The highest BCUT2D eigenvalue weighted by molar-refractivity contribution is 5.85. The van der Waals surface area contributed by atoms with Gasteiger partial charge in [-0.05, 0) is 35.7 Å². The summed E-state index contributed by atoms with van der Waals surface area (Å²) < 4.78 is 43.9. The van der Waals surface area contributed by atoms with Crippen molar-refractivity contribution in [1.82, 2.24) is 20.2 Å². The van der Waals surface area contributed by atoms with Crippen LogP contribution >= 0.6 is 0 Å². The molecule has 0 aliphatic heterocycles. The van der Waals surface area contributed by atoms with E-state index < -0.39 is 11.9 Å². The molecule has 0 atom stereocenters. The van der Waals surface area contributed by atoms with Gasteiger partial charge >= 0.3 is 12.2 Å². The van der Waals surface area contributed by atoms with Crippen LogP contribution in [-0.4, -0.2) is 20.2 Å². The Balaban J connectivity index is 1.77. The summed E-state index contributed by atoms with van der Waals surface area (Å²) in [5.74, 6) is 0.241. The summed E-state index contributed by atoms with van der Waals surface area (Å²) >= 11 is 0. The third-order valence-electron chi connectivity index (χ3n) is 3.85. The van der Waals surface area contributed by atoms with Crippen molar-refractivity contribution < 1.29 is 17.6 Å². The van der Waals surface area contributed by atoms with E-state index in [0.717, 1.165) is 23.5 Å². The molecule has 0 saturated heterocycles. The second-order valence-corrected chi connectivity index (χ2v) is 5.43. The first-order valence-electron chi connectivity index (χ1n) is 7.24. The van der Waals surface area contributed by atoms with Crippen molar-refractivity contribution in [2.75, 3.05) is 5.73 Å². The maximum Gasteiger partial charge on any atom is 0.433 e. The minimum atomic E-state index is -4.52. The molecule has 126 valence electrons. The molecule has 1 aromatic carbocycles. The number of anilines is 1. The van der Waals surface area contributed by atoms with Gasteiger partial charge in [-0.15, -0.1) is 5.10 Å². The summed E-state index contributed by atoms with van der Waals surface area (Å²) in [7, 11) is 0. The zero-order valence-corrected chi connectivity index (χ0v) is 12.6. The molecule has 25 heavy (non-hydrogen) atoms. The van der Waals surface area contributed by atoms with Crippen molar-refractivity contribution in [3.05, 3.63) is 59.2 Å². The first-order valence-corrected chi connectivity index (χ1v) is 7.24. The minimum absolute atomic E-state index is 0.0584. The van der Waals surface area contributed by atoms with Gasteiger partial charge in [-0.3, -0.25) is 0 Å². The number of nitrogen functional groups attached to an aromatic ring is 1. The van der Waals surface area contributed by atoms with Gasteiger partial charge in [-0.25, -0.2) is 9.97 Å². The van der Waals surface area contributed by atoms with Crippen LogP contribution in [0, 0.1) is 0 Å². The predicted molar refractivity (Wildman–Crippen MR) is 82.0 cm³/mol. The topological polar surface area (TPSA) is 90.7 Å². The summed E-state index contributed by atoms with van der Waals surface area (Å²) in [5, 5.41) is 7.42. The van der Waals surface area contributed by atoms with Gasteiger partial charge in [-0.2, -0.15) is 13.2 Å². The van der Waals surface area contributed by atoms with E-state index >= 15 is 0 Å². The number of nitrogens with zero attached hydrogens (tertiary/aromatic N) is 4. The zero-order valence-electron chi connectivity index (χ0n) is 12.6. The second kappa shape index (κ2) is 5.40. The van der Waals surface area contributed by atoms with Crippen molar-refractivity contribution in [3.8, 4) is 11.5 Å². The molecule has 0 radical (unpaired) electrons. The molecular formula is C16H10F3N5O. The van der Waals surface area contributed by atoms with E-state index in [1.807, 2.05) is 12.1 Å². The lowest BCUT2D eigenvalue weighted by Crippen LogP contribution is -2.09. The number of aromatic nitrogens is 4. The number of halogens is 3. The van der Waals surface area contributed by atoms with Crippen molar-refractivity contribution in [1.29, 1.82) is 0 Å². The van der Waals surface area contributed by atoms with E-state index in [4.69, 9.17) is 10.2 Å². The number of hydrogen-bond acceptors (Lipinski definition) is 6. The second-order valence-electron chi connectivity index (χ2n) is 5.43. The van der Waals surface area contributed by atoms with Crippen LogP contribution in [0.2, 0.25) is 0 Å². The average molecular weight is 345 g/mol. The van der Waals surface area contributed by atoms with Gasteiger partial charge in [0.05, 0.1) is 5.69 Å². The van der Waals surface area contributed by atoms with Gasteiger partial charge in [0.15, 0.2) is 0 Å². The van der Waals surface area contributed by atoms with Gasteiger partial charge in [0.2, 0.25) is 5.89 Å². The summed E-state index contributed by atoms with van der Waals surface area (Å²) in [6.07, 6.45) is -1.18. The lowest BCUT2D eigenvalue weighted by Gasteiger charge is -2.09. The Morgan fingerprint density at radius 2 is 1.92 bits per heavy atom. The standard InChI is InChI=1S/C16H10F3N5O/c17-16(18,19)13-6-12(21-7-22-13)10-4-3-8-1-2-9(5-11(8)10)14-23-24-15(20)25-14/h1-2,4-7H,3H2,(H2,20,24). The van der Waals surface area contributed by atoms with Crippen molar-refractivity contribution >= 4 is 11.6 Å². The fourth-order valence-corrected chi connectivity index (χ4v) is 2.71. The Morgan fingerprint density at radius 1 is 1.08 bits per heavy atom. The van der Waals surface area contributed by atoms with E-state index in [0.29, 0.717) is 17.6 Å². The molecule has 0 saturated carbocycles. The molecule has 0 fully saturated rings. The summed E-state index contributed by atoms with van der Waals surface area (Å²) in [5.41, 5.74) is 7.63. The molecule has 0 unspecified atom stereocenters. The van der Waals surface area contributed by atoms with Crippen LogP contribution in [0.25, 0.3) is 17.0 Å². The Hall–Kier alpha value is -3.23.